The van der Waals surface area contributed by atoms with Crippen molar-refractivity contribution in [3.05, 3.63) is 35.0 Å². The first-order valence-corrected chi connectivity index (χ1v) is 6.25. The number of benzene rings is 1. The number of fused-ring (bicyclic) bond motifs is 1. The molecule has 0 fully saturated rings. The fourth-order valence-corrected chi connectivity index (χ4v) is 2.18. The number of nitrogens with two attached hydrogens (primary N) is 1. The molecule has 9 heteroatoms. The highest BCUT2D eigenvalue weighted by atomic mass is 35.5. The first-order chi connectivity index (χ1) is 10.3. The minimum Gasteiger partial charge on any atom is -0.476 e. The Kier molecular flexibility index (Phi) is 3.06. The summed E-state index contributed by atoms with van der Waals surface area (Å²) in [7, 11) is 0. The molecule has 1 aliphatic heterocycles. The Hall–Kier alpha value is -2.61. The van der Waals surface area contributed by atoms with Crippen LogP contribution in [0.5, 0.6) is 11.5 Å². The van der Waals surface area contributed by atoms with E-state index in [1.807, 2.05) is 0 Å². The van der Waals surface area contributed by atoms with E-state index in [1.165, 1.54) is 24.3 Å². The molecule has 0 saturated heterocycles. The molecule has 1 aromatic heterocycles. The van der Waals surface area contributed by atoms with Gasteiger partial charge in [-0.25, -0.2) is 9.78 Å². The van der Waals surface area contributed by atoms with E-state index in [0.29, 0.717) is 0 Å². The van der Waals surface area contributed by atoms with E-state index < -0.39 is 18.0 Å². The Morgan fingerprint density at radius 1 is 1.36 bits per heavy atom. The number of hydrogen-bond donors (Lipinski definition) is 2. The van der Waals surface area contributed by atoms with Crippen molar-refractivity contribution in [1.29, 1.82) is 0 Å². The number of carbonyl (C=O) groups is 1. The molecule has 0 saturated carbocycles. The van der Waals surface area contributed by atoms with E-state index in [-0.39, 0.29) is 33.5 Å². The number of aromatic nitrogens is 1. The Labute approximate surface area is 127 Å². The van der Waals surface area contributed by atoms with Crippen LogP contribution in [0.15, 0.2) is 24.3 Å². The maximum Gasteiger partial charge on any atom is 0.586 e. The van der Waals surface area contributed by atoms with Crippen molar-refractivity contribution in [3.8, 4) is 22.8 Å². The number of anilines is 1. The van der Waals surface area contributed by atoms with Gasteiger partial charge in [0.15, 0.2) is 17.2 Å². The molecule has 6 nitrogen and oxygen atoms in total. The van der Waals surface area contributed by atoms with Crippen molar-refractivity contribution < 1.29 is 28.2 Å². The lowest BCUT2D eigenvalue weighted by Crippen LogP contribution is -2.26. The fraction of sp³-hybridized carbons (Fsp3) is 0.0769. The molecule has 1 aromatic carbocycles. The molecule has 0 aliphatic carbocycles. The van der Waals surface area contributed by atoms with Gasteiger partial charge in [0.1, 0.15) is 0 Å². The number of aromatic carboxylic acids is 1. The van der Waals surface area contributed by atoms with E-state index in [9.17, 15) is 13.6 Å². The molecule has 114 valence electrons. The monoisotopic (exact) mass is 328 g/mol. The number of nitrogens with zero attached hydrogens (tertiary/aromatic N) is 1. The van der Waals surface area contributed by atoms with Gasteiger partial charge in [0, 0.05) is 5.56 Å². The molecule has 2 heterocycles. The van der Waals surface area contributed by atoms with E-state index >= 15 is 0 Å². The number of hydrogen-bond acceptors (Lipinski definition) is 5. The van der Waals surface area contributed by atoms with Gasteiger partial charge in [-0.05, 0) is 18.2 Å². The number of halogens is 3. The molecule has 3 rings (SSSR count). The highest BCUT2D eigenvalue weighted by molar-refractivity contribution is 6.35. The number of rotatable bonds is 2. The van der Waals surface area contributed by atoms with Crippen LogP contribution in [0, 0.1) is 0 Å². The Morgan fingerprint density at radius 3 is 2.77 bits per heavy atom. The largest absolute Gasteiger partial charge is 0.586 e. The third kappa shape index (κ3) is 2.27. The number of carboxylic acid groups (broad SMARTS) is 1. The molecule has 0 radical (unpaired) electrons. The first kappa shape index (κ1) is 14.3. The average Bonchev–Trinajstić information content (AvgIpc) is 2.74. The van der Waals surface area contributed by atoms with Gasteiger partial charge < -0.3 is 20.3 Å². The molecule has 22 heavy (non-hydrogen) atoms. The number of para-hydroxylation sites is 1. The van der Waals surface area contributed by atoms with Crippen LogP contribution >= 0.6 is 11.6 Å². The molecular weight excluding hydrogens is 322 g/mol. The van der Waals surface area contributed by atoms with Crippen LogP contribution in [0.25, 0.3) is 11.3 Å². The lowest BCUT2D eigenvalue weighted by Gasteiger charge is -2.09. The second kappa shape index (κ2) is 4.70. The topological polar surface area (TPSA) is 94.7 Å². The lowest BCUT2D eigenvalue weighted by atomic mass is 10.1. The van der Waals surface area contributed by atoms with E-state index in [0.717, 1.165) is 0 Å². The van der Waals surface area contributed by atoms with E-state index in [2.05, 4.69) is 14.5 Å². The smallest absolute Gasteiger partial charge is 0.476 e. The van der Waals surface area contributed by atoms with E-state index in [4.69, 9.17) is 22.4 Å². The first-order valence-electron chi connectivity index (χ1n) is 5.87. The quantitative estimate of drug-likeness (QED) is 0.880. The van der Waals surface area contributed by atoms with Crippen LogP contribution in [0.1, 0.15) is 10.5 Å². The predicted molar refractivity (Wildman–Crippen MR) is 72.3 cm³/mol. The van der Waals surface area contributed by atoms with Crippen molar-refractivity contribution >= 4 is 23.3 Å². The molecule has 3 N–H and O–H groups in total. The molecule has 0 atom stereocenters. The van der Waals surface area contributed by atoms with Crippen LogP contribution in [0.4, 0.5) is 14.5 Å². The van der Waals surface area contributed by atoms with Crippen molar-refractivity contribution in [2.75, 3.05) is 5.73 Å². The average molecular weight is 329 g/mol. The van der Waals surface area contributed by atoms with Crippen LogP contribution in [-0.4, -0.2) is 22.4 Å². The van der Waals surface area contributed by atoms with Gasteiger partial charge in [0.25, 0.3) is 0 Å². The van der Waals surface area contributed by atoms with Gasteiger partial charge in [0.2, 0.25) is 0 Å². The highest BCUT2D eigenvalue weighted by Gasteiger charge is 2.44. The SMILES string of the molecule is Nc1cc(-c2cccc3c2OC(F)(F)O3)nc(C(=O)O)c1Cl. The summed E-state index contributed by atoms with van der Waals surface area (Å²) in [5, 5.41) is 8.83. The normalized spacial score (nSPS) is 14.9. The fourth-order valence-electron chi connectivity index (χ4n) is 2.00. The minimum atomic E-state index is -3.80. The molecule has 0 bridgehead atoms. The molecule has 2 aromatic rings. The Morgan fingerprint density at radius 2 is 2.09 bits per heavy atom. The van der Waals surface area contributed by atoms with Crippen LogP contribution in [0.3, 0.4) is 0 Å². The third-order valence-corrected chi connectivity index (χ3v) is 3.29. The van der Waals surface area contributed by atoms with Crippen molar-refractivity contribution in [2.24, 2.45) is 0 Å². The molecule has 0 spiro atoms. The highest BCUT2D eigenvalue weighted by Crippen LogP contribution is 2.47. The number of ether oxygens (including phenoxy) is 2. The summed E-state index contributed by atoms with van der Waals surface area (Å²) in [5.41, 5.74) is 5.24. The summed E-state index contributed by atoms with van der Waals surface area (Å²) in [6.45, 7) is 0. The number of alkyl halides is 2. The molecule has 1 aliphatic rings. The van der Waals surface area contributed by atoms with Gasteiger partial charge in [0.05, 0.1) is 16.4 Å². The van der Waals surface area contributed by atoms with Gasteiger partial charge in [-0.3, -0.25) is 0 Å². The zero-order valence-corrected chi connectivity index (χ0v) is 11.4. The number of pyridine rings is 1. The predicted octanol–water partition coefficient (Wildman–Crippen LogP) is 3.00. The molecule has 0 unspecified atom stereocenters. The summed E-state index contributed by atoms with van der Waals surface area (Å²) < 4.78 is 35.1. The number of carboxylic acids is 1. The van der Waals surface area contributed by atoms with Crippen LogP contribution < -0.4 is 15.2 Å². The lowest BCUT2D eigenvalue weighted by molar-refractivity contribution is -0.286. The van der Waals surface area contributed by atoms with Gasteiger partial charge in [-0.15, -0.1) is 8.78 Å². The summed E-state index contributed by atoms with van der Waals surface area (Å²) in [6, 6.07) is 5.41. The zero-order chi connectivity index (χ0) is 16.1. The zero-order valence-electron chi connectivity index (χ0n) is 10.6. The van der Waals surface area contributed by atoms with Crippen LogP contribution in [0.2, 0.25) is 5.02 Å². The Bertz CT molecular complexity index is 798. The van der Waals surface area contributed by atoms with Crippen molar-refractivity contribution in [3.63, 3.8) is 0 Å². The van der Waals surface area contributed by atoms with Gasteiger partial charge in [-0.2, -0.15) is 0 Å². The van der Waals surface area contributed by atoms with Gasteiger partial charge in [-0.1, -0.05) is 17.7 Å². The number of nitrogen functional groups attached to an aromatic ring is 1. The van der Waals surface area contributed by atoms with Crippen molar-refractivity contribution in [1.82, 2.24) is 4.98 Å². The second-order valence-corrected chi connectivity index (χ2v) is 4.74. The minimum absolute atomic E-state index is 0.0254. The summed E-state index contributed by atoms with van der Waals surface area (Å²) >= 11 is 5.77. The maximum atomic E-state index is 13.2. The van der Waals surface area contributed by atoms with Gasteiger partial charge >= 0.3 is 12.3 Å². The second-order valence-electron chi connectivity index (χ2n) is 4.36. The maximum absolute atomic E-state index is 13.2. The van der Waals surface area contributed by atoms with Crippen LogP contribution in [-0.2, 0) is 0 Å². The van der Waals surface area contributed by atoms with Crippen molar-refractivity contribution in [2.45, 2.75) is 6.29 Å². The summed E-state index contributed by atoms with van der Waals surface area (Å²) in [5.74, 6) is -1.83. The Balaban J connectivity index is 2.19. The third-order valence-electron chi connectivity index (χ3n) is 2.89. The standard InChI is InChI=1S/C13H7ClF2N2O4/c14-9-6(17)4-7(18-10(9)12(19)20)5-2-1-3-8-11(5)22-13(15,16)21-8/h1-4H,(H2,17,18)(H,19,20). The van der Waals surface area contributed by atoms with E-state index in [1.54, 1.807) is 0 Å². The summed E-state index contributed by atoms with van der Waals surface area (Å²) in [6.07, 6.45) is -3.80. The molecule has 0 amide bonds. The summed E-state index contributed by atoms with van der Waals surface area (Å²) in [4.78, 5) is 15.0. The molecular formula is C13H7ClF2N2O4.